The van der Waals surface area contributed by atoms with Gasteiger partial charge in [-0.1, -0.05) is 12.1 Å². The van der Waals surface area contributed by atoms with Crippen molar-refractivity contribution in [1.29, 1.82) is 0 Å². The van der Waals surface area contributed by atoms with Crippen molar-refractivity contribution in [3.8, 4) is 0 Å². The summed E-state index contributed by atoms with van der Waals surface area (Å²) in [5.41, 5.74) is 0.0527. The molecular formula is C14H22FIN4O. The molecule has 0 atom stereocenters. The molecule has 1 N–H and O–H groups in total. The minimum absolute atomic E-state index is 0. The molecule has 0 saturated heterocycles. The second kappa shape index (κ2) is 9.54. The van der Waals surface area contributed by atoms with Gasteiger partial charge in [-0.25, -0.2) is 4.39 Å². The van der Waals surface area contributed by atoms with Crippen LogP contribution in [0.1, 0.15) is 10.4 Å². The van der Waals surface area contributed by atoms with Gasteiger partial charge in [0.15, 0.2) is 5.96 Å². The lowest BCUT2D eigenvalue weighted by molar-refractivity contribution is 0.0951. The summed E-state index contributed by atoms with van der Waals surface area (Å²) in [4.78, 5) is 19.9. The molecule has 1 aromatic rings. The van der Waals surface area contributed by atoms with E-state index in [0.29, 0.717) is 13.1 Å². The lowest BCUT2D eigenvalue weighted by Gasteiger charge is -2.22. The van der Waals surface area contributed by atoms with E-state index < -0.39 is 11.7 Å². The van der Waals surface area contributed by atoms with Crippen molar-refractivity contribution in [3.63, 3.8) is 0 Å². The third kappa shape index (κ3) is 6.28. The second-order valence-corrected chi connectivity index (χ2v) is 4.71. The van der Waals surface area contributed by atoms with Crippen LogP contribution in [-0.2, 0) is 0 Å². The first kappa shape index (κ1) is 19.6. The summed E-state index contributed by atoms with van der Waals surface area (Å²) in [6, 6.07) is 5.91. The Labute approximate surface area is 142 Å². The number of aliphatic imine (C=N–C) groups is 1. The van der Waals surface area contributed by atoms with Crippen molar-refractivity contribution in [2.75, 3.05) is 41.3 Å². The maximum absolute atomic E-state index is 13.4. The Morgan fingerprint density at radius 2 is 1.76 bits per heavy atom. The van der Waals surface area contributed by atoms with Crippen LogP contribution in [0.5, 0.6) is 0 Å². The molecule has 7 heteroatoms. The number of nitrogens with one attached hydrogen (secondary N) is 1. The number of hydrogen-bond donors (Lipinski definition) is 1. The minimum atomic E-state index is -0.518. The highest BCUT2D eigenvalue weighted by molar-refractivity contribution is 14.0. The van der Waals surface area contributed by atoms with E-state index in [1.54, 1.807) is 12.1 Å². The molecule has 0 saturated carbocycles. The van der Waals surface area contributed by atoms with E-state index in [9.17, 15) is 9.18 Å². The first-order valence-corrected chi connectivity index (χ1v) is 6.35. The summed E-state index contributed by atoms with van der Waals surface area (Å²) in [5, 5.41) is 2.65. The lowest BCUT2D eigenvalue weighted by Crippen LogP contribution is -2.36. The number of carbonyl (C=O) groups is 1. The lowest BCUT2D eigenvalue weighted by atomic mass is 10.2. The molecule has 21 heavy (non-hydrogen) atoms. The molecule has 0 spiro atoms. The van der Waals surface area contributed by atoms with E-state index in [4.69, 9.17) is 0 Å². The molecule has 0 aliphatic carbocycles. The van der Waals surface area contributed by atoms with Crippen LogP contribution in [0.15, 0.2) is 29.3 Å². The van der Waals surface area contributed by atoms with Crippen molar-refractivity contribution >= 4 is 35.8 Å². The Morgan fingerprint density at radius 1 is 1.19 bits per heavy atom. The second-order valence-electron chi connectivity index (χ2n) is 4.71. The fourth-order valence-corrected chi connectivity index (χ4v) is 1.75. The van der Waals surface area contributed by atoms with Crippen molar-refractivity contribution < 1.29 is 9.18 Å². The number of carbonyl (C=O) groups excluding carboxylic acids is 1. The van der Waals surface area contributed by atoms with Crippen LogP contribution in [-0.4, -0.2) is 62.9 Å². The monoisotopic (exact) mass is 408 g/mol. The van der Waals surface area contributed by atoms with Crippen LogP contribution in [0.3, 0.4) is 0 Å². The number of amides is 1. The number of rotatable bonds is 4. The van der Waals surface area contributed by atoms with Crippen LogP contribution >= 0.6 is 24.0 Å². The van der Waals surface area contributed by atoms with Gasteiger partial charge in [0.05, 0.1) is 12.1 Å². The zero-order valence-corrected chi connectivity index (χ0v) is 15.1. The summed E-state index contributed by atoms with van der Waals surface area (Å²) in [5.74, 6) is -0.129. The predicted octanol–water partition coefficient (Wildman–Crippen LogP) is 1.65. The highest BCUT2D eigenvalue weighted by Crippen LogP contribution is 2.05. The molecule has 0 aromatic heterocycles. The quantitative estimate of drug-likeness (QED) is 0.357. The van der Waals surface area contributed by atoms with Gasteiger partial charge in [-0.05, 0) is 12.1 Å². The van der Waals surface area contributed by atoms with E-state index >= 15 is 0 Å². The smallest absolute Gasteiger partial charge is 0.254 e. The average molecular weight is 408 g/mol. The van der Waals surface area contributed by atoms with E-state index in [1.807, 2.05) is 38.0 Å². The Bertz CT molecular complexity index is 482. The van der Waals surface area contributed by atoms with Gasteiger partial charge in [0.2, 0.25) is 0 Å². The SMILES string of the molecule is CN(C)C(=NCCNC(=O)c1ccccc1F)N(C)C.I. The Balaban J connectivity index is 0.00000400. The topological polar surface area (TPSA) is 47.9 Å². The first-order chi connectivity index (χ1) is 9.43. The van der Waals surface area contributed by atoms with E-state index in [2.05, 4.69) is 10.3 Å². The van der Waals surface area contributed by atoms with Crippen LogP contribution < -0.4 is 5.32 Å². The standard InChI is InChI=1S/C14H21FN4O.HI/c1-18(2)14(19(3)4)17-10-9-16-13(20)11-7-5-6-8-12(11)15;/h5-8H,9-10H2,1-4H3,(H,16,20);1H. The highest BCUT2D eigenvalue weighted by Gasteiger charge is 2.09. The van der Waals surface area contributed by atoms with E-state index in [-0.39, 0.29) is 29.5 Å². The summed E-state index contributed by atoms with van der Waals surface area (Å²) in [6.45, 7) is 0.796. The summed E-state index contributed by atoms with van der Waals surface area (Å²) in [7, 11) is 7.60. The van der Waals surface area contributed by atoms with Gasteiger partial charge in [0.1, 0.15) is 5.82 Å². The molecule has 118 valence electrons. The summed E-state index contributed by atoms with van der Waals surface area (Å²) >= 11 is 0. The molecule has 0 unspecified atom stereocenters. The van der Waals surface area contributed by atoms with Crippen LogP contribution in [0.25, 0.3) is 0 Å². The zero-order valence-electron chi connectivity index (χ0n) is 12.8. The third-order valence-electron chi connectivity index (χ3n) is 2.57. The van der Waals surface area contributed by atoms with Crippen molar-refractivity contribution in [2.24, 2.45) is 4.99 Å². The molecule has 1 amide bonds. The fraction of sp³-hybridized carbons (Fsp3) is 0.429. The molecule has 0 bridgehead atoms. The third-order valence-corrected chi connectivity index (χ3v) is 2.57. The maximum atomic E-state index is 13.4. The molecule has 0 aliphatic rings. The first-order valence-electron chi connectivity index (χ1n) is 6.35. The van der Waals surface area contributed by atoms with Gasteiger partial charge < -0.3 is 15.1 Å². The summed E-state index contributed by atoms with van der Waals surface area (Å²) in [6.07, 6.45) is 0. The van der Waals surface area contributed by atoms with Gasteiger partial charge in [-0.2, -0.15) is 0 Å². The molecule has 0 fully saturated rings. The predicted molar refractivity (Wildman–Crippen MR) is 93.8 cm³/mol. The van der Waals surface area contributed by atoms with Gasteiger partial charge >= 0.3 is 0 Å². The van der Waals surface area contributed by atoms with Gasteiger partial charge in [-0.3, -0.25) is 9.79 Å². The summed E-state index contributed by atoms with van der Waals surface area (Å²) < 4.78 is 13.4. The molecule has 0 heterocycles. The van der Waals surface area contributed by atoms with Crippen LogP contribution in [0, 0.1) is 5.82 Å². The maximum Gasteiger partial charge on any atom is 0.254 e. The number of nitrogens with zero attached hydrogens (tertiary/aromatic N) is 3. The Kier molecular flexibility index (Phi) is 8.91. The van der Waals surface area contributed by atoms with Gasteiger partial charge in [-0.15, -0.1) is 24.0 Å². The molecule has 1 rings (SSSR count). The average Bonchev–Trinajstić information content (AvgIpc) is 2.37. The van der Waals surface area contributed by atoms with Gasteiger partial charge in [0.25, 0.3) is 5.91 Å². The molecule has 0 aliphatic heterocycles. The minimum Gasteiger partial charge on any atom is -0.350 e. The zero-order chi connectivity index (χ0) is 15.1. The molecule has 5 nitrogen and oxygen atoms in total. The van der Waals surface area contributed by atoms with Crippen LogP contribution in [0.4, 0.5) is 4.39 Å². The van der Waals surface area contributed by atoms with Crippen molar-refractivity contribution in [3.05, 3.63) is 35.6 Å². The van der Waals surface area contributed by atoms with Crippen LogP contribution in [0.2, 0.25) is 0 Å². The largest absolute Gasteiger partial charge is 0.350 e. The molecular weight excluding hydrogens is 386 g/mol. The number of benzene rings is 1. The Hall–Kier alpha value is -1.38. The van der Waals surface area contributed by atoms with E-state index in [0.717, 1.165) is 5.96 Å². The Morgan fingerprint density at radius 3 is 2.29 bits per heavy atom. The number of hydrogen-bond acceptors (Lipinski definition) is 2. The number of guanidine groups is 1. The van der Waals surface area contributed by atoms with E-state index in [1.165, 1.54) is 12.1 Å². The van der Waals surface area contributed by atoms with Crippen molar-refractivity contribution in [2.45, 2.75) is 0 Å². The normalized spacial score (nSPS) is 9.38. The molecule has 1 aromatic carbocycles. The van der Waals surface area contributed by atoms with Gasteiger partial charge in [0, 0.05) is 34.7 Å². The number of halogens is 2. The highest BCUT2D eigenvalue weighted by atomic mass is 127. The fourth-order valence-electron chi connectivity index (χ4n) is 1.75. The molecule has 0 radical (unpaired) electrons. The van der Waals surface area contributed by atoms with Crippen molar-refractivity contribution in [1.82, 2.24) is 15.1 Å².